The van der Waals surface area contributed by atoms with Crippen LogP contribution in [0.25, 0.3) is 10.9 Å². The largest absolute Gasteiger partial charge is 0.496 e. The van der Waals surface area contributed by atoms with Crippen LogP contribution in [-0.4, -0.2) is 26.6 Å². The average molecular weight is 399 g/mol. The van der Waals surface area contributed by atoms with E-state index in [1.807, 2.05) is 26.1 Å². The molecule has 0 amide bonds. The summed E-state index contributed by atoms with van der Waals surface area (Å²) in [5.74, 6) is 0.700. The minimum Gasteiger partial charge on any atom is -0.496 e. The molecule has 1 N–H and O–H groups in total. The van der Waals surface area contributed by atoms with E-state index in [1.54, 1.807) is 26.2 Å². The van der Waals surface area contributed by atoms with Gasteiger partial charge in [0.1, 0.15) is 5.75 Å². The molecular weight excluding hydrogens is 372 g/mol. The Morgan fingerprint density at radius 2 is 1.86 bits per heavy atom. The van der Waals surface area contributed by atoms with Crippen LogP contribution in [0.3, 0.4) is 0 Å². The quantitative estimate of drug-likeness (QED) is 0.687. The van der Waals surface area contributed by atoms with Crippen molar-refractivity contribution in [1.82, 2.24) is 9.29 Å². The van der Waals surface area contributed by atoms with Crippen LogP contribution in [-0.2, 0) is 22.5 Å². The molecule has 0 unspecified atom stereocenters. The minimum absolute atomic E-state index is 0.122. The van der Waals surface area contributed by atoms with Gasteiger partial charge in [-0.3, -0.25) is 0 Å². The third-order valence-corrected chi connectivity index (χ3v) is 7.45. The standard InChI is InChI=1S/C22H26N2O3S/c1-15-12-21(16(2)11-20(15)27-4)28(25,26)23-14-22(9-10-22)18-13-24(3)19-8-6-5-7-17(18)19/h5-8,11-13,23H,9-10,14H2,1-4H3. The number of nitrogens with zero attached hydrogens (tertiary/aromatic N) is 1. The van der Waals surface area contributed by atoms with Gasteiger partial charge in [-0.15, -0.1) is 0 Å². The Hall–Kier alpha value is -2.31. The molecule has 1 aliphatic carbocycles. The van der Waals surface area contributed by atoms with Crippen molar-refractivity contribution in [2.45, 2.75) is 37.0 Å². The number of ether oxygens (including phenoxy) is 1. The van der Waals surface area contributed by atoms with Crippen LogP contribution in [0, 0.1) is 13.8 Å². The summed E-state index contributed by atoms with van der Waals surface area (Å²) in [6, 6.07) is 11.8. The Morgan fingerprint density at radius 3 is 2.54 bits per heavy atom. The lowest BCUT2D eigenvalue weighted by atomic mass is 9.96. The van der Waals surface area contributed by atoms with Crippen molar-refractivity contribution in [3.05, 3.63) is 59.3 Å². The number of aromatic nitrogens is 1. The molecule has 1 aliphatic rings. The molecule has 1 fully saturated rings. The van der Waals surface area contributed by atoms with E-state index in [2.05, 4.69) is 27.6 Å². The summed E-state index contributed by atoms with van der Waals surface area (Å²) >= 11 is 0. The first-order chi connectivity index (χ1) is 13.3. The van der Waals surface area contributed by atoms with E-state index in [0.717, 1.165) is 18.4 Å². The van der Waals surface area contributed by atoms with Crippen LogP contribution in [0.5, 0.6) is 5.75 Å². The zero-order valence-corrected chi connectivity index (χ0v) is 17.6. The van der Waals surface area contributed by atoms with Crippen molar-refractivity contribution in [2.24, 2.45) is 7.05 Å². The highest BCUT2D eigenvalue weighted by molar-refractivity contribution is 7.89. The first kappa shape index (κ1) is 19.0. The normalized spacial score (nSPS) is 15.7. The Balaban J connectivity index is 1.63. The van der Waals surface area contributed by atoms with Crippen LogP contribution in [0.2, 0.25) is 0 Å². The molecule has 5 nitrogen and oxygen atoms in total. The van der Waals surface area contributed by atoms with Gasteiger partial charge in [-0.25, -0.2) is 13.1 Å². The monoisotopic (exact) mass is 398 g/mol. The van der Waals surface area contributed by atoms with Crippen LogP contribution in [0.4, 0.5) is 0 Å². The number of para-hydroxylation sites is 1. The summed E-state index contributed by atoms with van der Waals surface area (Å²) < 4.78 is 36.3. The molecule has 0 atom stereocenters. The molecule has 0 saturated heterocycles. The molecule has 6 heteroatoms. The SMILES string of the molecule is COc1cc(C)c(S(=O)(=O)NCC2(c3cn(C)c4ccccc34)CC2)cc1C. The summed E-state index contributed by atoms with van der Waals surface area (Å²) in [6.45, 7) is 4.07. The smallest absolute Gasteiger partial charge is 0.240 e. The highest BCUT2D eigenvalue weighted by Gasteiger charge is 2.46. The van der Waals surface area contributed by atoms with E-state index in [-0.39, 0.29) is 5.41 Å². The lowest BCUT2D eigenvalue weighted by Gasteiger charge is -2.17. The van der Waals surface area contributed by atoms with Crippen LogP contribution in [0.1, 0.15) is 29.5 Å². The number of benzene rings is 2. The molecule has 4 rings (SSSR count). The van der Waals surface area contributed by atoms with E-state index < -0.39 is 10.0 Å². The van der Waals surface area contributed by atoms with Crippen molar-refractivity contribution in [3.63, 3.8) is 0 Å². The second-order valence-corrected chi connectivity index (χ2v) is 9.60. The lowest BCUT2D eigenvalue weighted by molar-refractivity contribution is 0.411. The maximum Gasteiger partial charge on any atom is 0.240 e. The zero-order chi connectivity index (χ0) is 20.1. The highest BCUT2D eigenvalue weighted by atomic mass is 32.2. The maximum absolute atomic E-state index is 13.0. The van der Waals surface area contributed by atoms with Crippen molar-refractivity contribution in [3.8, 4) is 5.75 Å². The number of methoxy groups -OCH3 is 1. The molecule has 3 aromatic rings. The fourth-order valence-electron chi connectivity index (χ4n) is 4.04. The van der Waals surface area contributed by atoms with Gasteiger partial charge >= 0.3 is 0 Å². The molecule has 0 radical (unpaired) electrons. The second-order valence-electron chi connectivity index (χ2n) is 7.86. The van der Waals surface area contributed by atoms with Crippen molar-refractivity contribution in [1.29, 1.82) is 0 Å². The molecule has 0 spiro atoms. The van der Waals surface area contributed by atoms with Crippen molar-refractivity contribution >= 4 is 20.9 Å². The van der Waals surface area contributed by atoms with E-state index in [4.69, 9.17) is 4.74 Å². The van der Waals surface area contributed by atoms with Crippen molar-refractivity contribution in [2.75, 3.05) is 13.7 Å². The minimum atomic E-state index is -3.60. The number of aryl methyl sites for hydroxylation is 3. The topological polar surface area (TPSA) is 60.3 Å². The lowest BCUT2D eigenvalue weighted by Crippen LogP contribution is -2.32. The van der Waals surface area contributed by atoms with Gasteiger partial charge in [-0.2, -0.15) is 0 Å². The van der Waals surface area contributed by atoms with E-state index in [9.17, 15) is 8.42 Å². The van der Waals surface area contributed by atoms with Gasteiger partial charge in [-0.05, 0) is 61.6 Å². The number of hydrogen-bond donors (Lipinski definition) is 1. The zero-order valence-electron chi connectivity index (χ0n) is 16.7. The summed E-state index contributed by atoms with van der Waals surface area (Å²) in [6.07, 6.45) is 4.13. The van der Waals surface area contributed by atoms with Crippen LogP contribution < -0.4 is 9.46 Å². The molecule has 2 aromatic carbocycles. The first-order valence-electron chi connectivity index (χ1n) is 9.47. The fourth-order valence-corrected chi connectivity index (χ4v) is 5.48. The van der Waals surface area contributed by atoms with Gasteiger partial charge in [0, 0.05) is 36.1 Å². The molecule has 148 valence electrons. The number of fused-ring (bicyclic) bond motifs is 1. The molecule has 28 heavy (non-hydrogen) atoms. The molecule has 0 aliphatic heterocycles. The van der Waals surface area contributed by atoms with Crippen molar-refractivity contribution < 1.29 is 13.2 Å². The summed E-state index contributed by atoms with van der Waals surface area (Å²) in [7, 11) is 0.0313. The Kier molecular flexibility index (Phi) is 4.51. The predicted molar refractivity (Wildman–Crippen MR) is 111 cm³/mol. The third kappa shape index (κ3) is 3.10. The fraction of sp³-hybridized carbons (Fsp3) is 0.364. The van der Waals surface area contributed by atoms with Gasteiger partial charge in [0.25, 0.3) is 0 Å². The van der Waals surface area contributed by atoms with E-state index >= 15 is 0 Å². The average Bonchev–Trinajstić information content (AvgIpc) is 3.39. The Bertz CT molecular complexity index is 1160. The van der Waals surface area contributed by atoms with Gasteiger partial charge in [-0.1, -0.05) is 18.2 Å². The van der Waals surface area contributed by atoms with Crippen LogP contribution in [0.15, 0.2) is 47.5 Å². The van der Waals surface area contributed by atoms with Gasteiger partial charge in [0.05, 0.1) is 12.0 Å². The highest BCUT2D eigenvalue weighted by Crippen LogP contribution is 2.50. The van der Waals surface area contributed by atoms with Gasteiger partial charge < -0.3 is 9.30 Å². The summed E-state index contributed by atoms with van der Waals surface area (Å²) in [5, 5.41) is 1.21. The Morgan fingerprint density at radius 1 is 1.14 bits per heavy atom. The van der Waals surface area contributed by atoms with Crippen LogP contribution >= 0.6 is 0 Å². The maximum atomic E-state index is 13.0. The first-order valence-corrected chi connectivity index (χ1v) is 11.0. The molecular formula is C22H26N2O3S. The number of hydrogen-bond acceptors (Lipinski definition) is 3. The third-order valence-electron chi connectivity index (χ3n) is 5.90. The summed E-state index contributed by atoms with van der Waals surface area (Å²) in [5.41, 5.74) is 3.78. The van der Waals surface area contributed by atoms with Gasteiger partial charge in [0.15, 0.2) is 0 Å². The van der Waals surface area contributed by atoms with Gasteiger partial charge in [0.2, 0.25) is 10.0 Å². The predicted octanol–water partition coefficient (Wildman–Crippen LogP) is 3.81. The van der Waals surface area contributed by atoms with E-state index in [0.29, 0.717) is 22.8 Å². The molecule has 1 saturated carbocycles. The number of sulfonamides is 1. The number of rotatable bonds is 6. The Labute approximate surface area is 166 Å². The van der Waals surface area contributed by atoms with E-state index in [1.165, 1.54) is 16.5 Å². The second kappa shape index (κ2) is 6.64. The molecule has 1 heterocycles. The number of nitrogens with one attached hydrogen (secondary N) is 1. The molecule has 1 aromatic heterocycles. The summed E-state index contributed by atoms with van der Waals surface area (Å²) in [4.78, 5) is 0.319. The molecule has 0 bridgehead atoms.